The van der Waals surface area contributed by atoms with E-state index in [1.165, 1.54) is 0 Å². The third kappa shape index (κ3) is 4.75. The zero-order valence-electron chi connectivity index (χ0n) is 17.0. The van der Waals surface area contributed by atoms with Gasteiger partial charge in [-0.3, -0.25) is 4.98 Å². The standard InChI is InChI=1S/C21H27N3O5/c1-13(2)28-21(27)24-18(16-11-7-8-12-22-16)17(14(3)23-20(24)26)19(25)29-15-9-5-4-6-10-15/h7-8,11-13,15,18H,4-6,9-10H2,1-3H3,(H,23,26). The fourth-order valence-electron chi connectivity index (χ4n) is 3.67. The summed E-state index contributed by atoms with van der Waals surface area (Å²) >= 11 is 0. The molecule has 1 fully saturated rings. The summed E-state index contributed by atoms with van der Waals surface area (Å²) in [6, 6.07) is 3.44. The number of nitrogens with one attached hydrogen (secondary N) is 1. The molecular formula is C21H27N3O5. The fraction of sp³-hybridized carbons (Fsp3) is 0.524. The minimum Gasteiger partial charge on any atom is -0.459 e. The maximum absolute atomic E-state index is 13.1. The molecule has 2 aliphatic rings. The SMILES string of the molecule is CC1=C(C(=O)OC2CCCCC2)C(c2ccccn2)N(C(=O)OC(C)C)C(=O)N1. The Balaban J connectivity index is 1.98. The highest BCUT2D eigenvalue weighted by molar-refractivity contribution is 6.00. The lowest BCUT2D eigenvalue weighted by Crippen LogP contribution is -2.52. The lowest BCUT2D eigenvalue weighted by Gasteiger charge is -2.36. The third-order valence-electron chi connectivity index (χ3n) is 5.00. The van der Waals surface area contributed by atoms with Gasteiger partial charge in [0.2, 0.25) is 0 Å². The normalized spacial score (nSPS) is 20.5. The monoisotopic (exact) mass is 401 g/mol. The molecule has 3 amide bonds. The average Bonchev–Trinajstić information content (AvgIpc) is 2.68. The molecule has 156 valence electrons. The Labute approximate surface area is 170 Å². The fourth-order valence-corrected chi connectivity index (χ4v) is 3.67. The van der Waals surface area contributed by atoms with E-state index in [0.29, 0.717) is 11.4 Å². The Hall–Kier alpha value is -2.90. The summed E-state index contributed by atoms with van der Waals surface area (Å²) in [7, 11) is 0. The lowest BCUT2D eigenvalue weighted by molar-refractivity contribution is -0.146. The number of ether oxygens (including phenoxy) is 2. The van der Waals surface area contributed by atoms with Crippen molar-refractivity contribution in [2.75, 3.05) is 0 Å². The van der Waals surface area contributed by atoms with Gasteiger partial charge < -0.3 is 14.8 Å². The van der Waals surface area contributed by atoms with Crippen LogP contribution in [0.5, 0.6) is 0 Å². The van der Waals surface area contributed by atoms with Crippen molar-refractivity contribution >= 4 is 18.1 Å². The van der Waals surface area contributed by atoms with Crippen molar-refractivity contribution in [3.05, 3.63) is 41.4 Å². The molecule has 29 heavy (non-hydrogen) atoms. The van der Waals surface area contributed by atoms with Gasteiger partial charge >= 0.3 is 18.1 Å². The molecule has 1 atom stereocenters. The van der Waals surface area contributed by atoms with Gasteiger partial charge in [0, 0.05) is 11.9 Å². The molecule has 8 heteroatoms. The number of pyridine rings is 1. The summed E-state index contributed by atoms with van der Waals surface area (Å²) in [6.45, 7) is 5.00. The van der Waals surface area contributed by atoms with Crippen molar-refractivity contribution in [2.45, 2.75) is 71.1 Å². The first-order valence-electron chi connectivity index (χ1n) is 10.0. The molecule has 1 N–H and O–H groups in total. The van der Waals surface area contributed by atoms with Crippen LogP contribution in [0.4, 0.5) is 9.59 Å². The summed E-state index contributed by atoms with van der Waals surface area (Å²) < 4.78 is 11.0. The second kappa shape index (κ2) is 9.07. The van der Waals surface area contributed by atoms with Gasteiger partial charge in [0.1, 0.15) is 12.1 Å². The van der Waals surface area contributed by atoms with Crippen LogP contribution in [0.3, 0.4) is 0 Å². The quantitative estimate of drug-likeness (QED) is 0.770. The number of amides is 3. The van der Waals surface area contributed by atoms with Crippen LogP contribution in [0.25, 0.3) is 0 Å². The number of hydrogen-bond acceptors (Lipinski definition) is 6. The number of carbonyl (C=O) groups is 3. The number of allylic oxidation sites excluding steroid dienone is 1. The van der Waals surface area contributed by atoms with Crippen LogP contribution in [0.2, 0.25) is 0 Å². The molecule has 1 saturated carbocycles. The van der Waals surface area contributed by atoms with Crippen LogP contribution in [0.1, 0.15) is 64.6 Å². The van der Waals surface area contributed by atoms with Crippen molar-refractivity contribution < 1.29 is 23.9 Å². The molecule has 3 rings (SSSR count). The van der Waals surface area contributed by atoms with E-state index in [1.807, 2.05) is 0 Å². The van der Waals surface area contributed by atoms with E-state index in [-0.39, 0.29) is 11.7 Å². The number of urea groups is 1. The Morgan fingerprint density at radius 1 is 1.21 bits per heavy atom. The molecule has 0 bridgehead atoms. The highest BCUT2D eigenvalue weighted by Crippen LogP contribution is 2.35. The summed E-state index contributed by atoms with van der Waals surface area (Å²) in [5, 5.41) is 2.59. The molecule has 1 aromatic heterocycles. The summed E-state index contributed by atoms with van der Waals surface area (Å²) in [4.78, 5) is 43.7. The van der Waals surface area contributed by atoms with Gasteiger partial charge in [-0.1, -0.05) is 12.5 Å². The summed E-state index contributed by atoms with van der Waals surface area (Å²) in [6.07, 6.45) is 4.93. The van der Waals surface area contributed by atoms with E-state index in [0.717, 1.165) is 37.0 Å². The van der Waals surface area contributed by atoms with Gasteiger partial charge in [-0.05, 0) is 58.6 Å². The van der Waals surface area contributed by atoms with Gasteiger partial charge in [0.25, 0.3) is 0 Å². The second-order valence-electron chi connectivity index (χ2n) is 7.59. The molecule has 0 radical (unpaired) electrons. The number of nitrogens with zero attached hydrogens (tertiary/aromatic N) is 2. The van der Waals surface area contributed by atoms with Crippen LogP contribution in [0.15, 0.2) is 35.7 Å². The number of carbonyl (C=O) groups excluding carboxylic acids is 3. The van der Waals surface area contributed by atoms with Crippen LogP contribution >= 0.6 is 0 Å². The molecule has 1 aliphatic carbocycles. The van der Waals surface area contributed by atoms with Crippen LogP contribution < -0.4 is 5.32 Å². The van der Waals surface area contributed by atoms with E-state index in [9.17, 15) is 14.4 Å². The highest BCUT2D eigenvalue weighted by Gasteiger charge is 2.44. The predicted molar refractivity (Wildman–Crippen MR) is 105 cm³/mol. The maximum atomic E-state index is 13.1. The van der Waals surface area contributed by atoms with Gasteiger partial charge in [-0.2, -0.15) is 0 Å². The van der Waals surface area contributed by atoms with E-state index >= 15 is 0 Å². The first-order valence-corrected chi connectivity index (χ1v) is 10.0. The second-order valence-corrected chi connectivity index (χ2v) is 7.59. The number of hydrogen-bond donors (Lipinski definition) is 1. The van der Waals surface area contributed by atoms with E-state index < -0.39 is 30.2 Å². The van der Waals surface area contributed by atoms with Gasteiger partial charge in [-0.25, -0.2) is 19.3 Å². The first-order chi connectivity index (χ1) is 13.9. The molecule has 0 saturated heterocycles. The topological polar surface area (TPSA) is 97.8 Å². The minimum atomic E-state index is -1.02. The van der Waals surface area contributed by atoms with Gasteiger partial charge in [0.15, 0.2) is 0 Å². The molecule has 0 aromatic carbocycles. The Morgan fingerprint density at radius 3 is 2.55 bits per heavy atom. The number of imide groups is 1. The van der Waals surface area contributed by atoms with Crippen LogP contribution in [-0.2, 0) is 14.3 Å². The van der Waals surface area contributed by atoms with Gasteiger partial charge in [0.05, 0.1) is 17.4 Å². The van der Waals surface area contributed by atoms with Crippen LogP contribution in [0, 0.1) is 0 Å². The lowest BCUT2D eigenvalue weighted by atomic mass is 9.96. The molecule has 0 spiro atoms. The van der Waals surface area contributed by atoms with Crippen molar-refractivity contribution in [3.8, 4) is 0 Å². The minimum absolute atomic E-state index is 0.158. The molecule has 8 nitrogen and oxygen atoms in total. The summed E-state index contributed by atoms with van der Waals surface area (Å²) in [5.74, 6) is -0.549. The Morgan fingerprint density at radius 2 is 1.93 bits per heavy atom. The van der Waals surface area contributed by atoms with E-state index in [4.69, 9.17) is 9.47 Å². The Kier molecular flexibility index (Phi) is 6.51. The van der Waals surface area contributed by atoms with Crippen LogP contribution in [-0.4, -0.2) is 40.2 Å². The number of esters is 1. The van der Waals surface area contributed by atoms with Gasteiger partial charge in [-0.15, -0.1) is 0 Å². The van der Waals surface area contributed by atoms with E-state index in [2.05, 4.69) is 10.3 Å². The van der Waals surface area contributed by atoms with Crippen molar-refractivity contribution in [1.29, 1.82) is 0 Å². The predicted octanol–water partition coefficient (Wildman–Crippen LogP) is 3.84. The summed E-state index contributed by atoms with van der Waals surface area (Å²) in [5.41, 5.74) is 0.924. The van der Waals surface area contributed by atoms with Crippen molar-refractivity contribution in [2.24, 2.45) is 0 Å². The van der Waals surface area contributed by atoms with Crippen molar-refractivity contribution in [1.82, 2.24) is 15.2 Å². The molecule has 2 heterocycles. The highest BCUT2D eigenvalue weighted by atomic mass is 16.6. The average molecular weight is 401 g/mol. The largest absolute Gasteiger partial charge is 0.459 e. The molecule has 1 aromatic rings. The number of rotatable bonds is 4. The smallest absolute Gasteiger partial charge is 0.419 e. The maximum Gasteiger partial charge on any atom is 0.419 e. The molecular weight excluding hydrogens is 374 g/mol. The zero-order valence-corrected chi connectivity index (χ0v) is 17.0. The van der Waals surface area contributed by atoms with E-state index in [1.54, 1.807) is 45.2 Å². The molecule has 1 aliphatic heterocycles. The first kappa shape index (κ1) is 20.8. The Bertz CT molecular complexity index is 800. The molecule has 1 unspecified atom stereocenters. The zero-order chi connectivity index (χ0) is 21.0. The third-order valence-corrected chi connectivity index (χ3v) is 5.00. The van der Waals surface area contributed by atoms with Crippen molar-refractivity contribution in [3.63, 3.8) is 0 Å². The number of aromatic nitrogens is 1.